The van der Waals surface area contributed by atoms with Crippen molar-refractivity contribution in [1.82, 2.24) is 10.2 Å². The first kappa shape index (κ1) is 16.3. The average molecular weight is 296 g/mol. The van der Waals surface area contributed by atoms with Gasteiger partial charge in [-0.3, -0.25) is 0 Å². The van der Waals surface area contributed by atoms with Crippen LogP contribution in [0, 0.1) is 0 Å². The molecule has 0 heterocycles. The number of aliphatic carboxylic acids is 1. The standard InChI is InChI=1S/C13H16N2O6/c1-15(13(19)21-3)12(18)14-10(11(16)17)8-4-6-9(20-2)7-5-8/h4-7,10H,1-3H3,(H,14,18)(H,16,17). The second-order valence-corrected chi connectivity index (χ2v) is 4.02. The predicted molar refractivity (Wildman–Crippen MR) is 72.1 cm³/mol. The van der Waals surface area contributed by atoms with Gasteiger partial charge in [0.2, 0.25) is 0 Å². The van der Waals surface area contributed by atoms with Crippen molar-refractivity contribution in [2.75, 3.05) is 21.3 Å². The zero-order valence-electron chi connectivity index (χ0n) is 11.8. The van der Waals surface area contributed by atoms with Gasteiger partial charge in [-0.2, -0.15) is 0 Å². The molecular formula is C13H16N2O6. The Kier molecular flexibility index (Phi) is 5.53. The van der Waals surface area contributed by atoms with Gasteiger partial charge < -0.3 is 19.9 Å². The van der Waals surface area contributed by atoms with Crippen LogP contribution in [0.4, 0.5) is 9.59 Å². The van der Waals surface area contributed by atoms with E-state index in [9.17, 15) is 19.5 Å². The molecule has 0 saturated heterocycles. The van der Waals surface area contributed by atoms with E-state index in [1.165, 1.54) is 26.3 Å². The van der Waals surface area contributed by atoms with Crippen LogP contribution in [0.15, 0.2) is 24.3 Å². The normalized spacial score (nSPS) is 11.2. The molecule has 0 aliphatic carbocycles. The van der Waals surface area contributed by atoms with Gasteiger partial charge in [0.05, 0.1) is 14.2 Å². The topological polar surface area (TPSA) is 105 Å². The molecule has 0 fully saturated rings. The molecular weight excluding hydrogens is 280 g/mol. The number of nitrogens with one attached hydrogen (secondary N) is 1. The fourth-order valence-corrected chi connectivity index (χ4v) is 1.52. The van der Waals surface area contributed by atoms with Gasteiger partial charge in [-0.1, -0.05) is 12.1 Å². The molecule has 114 valence electrons. The van der Waals surface area contributed by atoms with E-state index in [0.717, 1.165) is 7.11 Å². The summed E-state index contributed by atoms with van der Waals surface area (Å²) in [5, 5.41) is 11.4. The molecule has 1 aromatic carbocycles. The highest BCUT2D eigenvalue weighted by molar-refractivity contribution is 5.92. The van der Waals surface area contributed by atoms with Crippen LogP contribution in [-0.2, 0) is 9.53 Å². The molecule has 0 saturated carbocycles. The van der Waals surface area contributed by atoms with Gasteiger partial charge in [0.1, 0.15) is 5.75 Å². The lowest BCUT2D eigenvalue weighted by molar-refractivity contribution is -0.139. The van der Waals surface area contributed by atoms with Gasteiger partial charge >= 0.3 is 18.1 Å². The number of urea groups is 1. The van der Waals surface area contributed by atoms with Crippen LogP contribution in [0.1, 0.15) is 11.6 Å². The number of carboxylic acids is 1. The predicted octanol–water partition coefficient (Wildman–Crippen LogP) is 1.23. The largest absolute Gasteiger partial charge is 0.497 e. The van der Waals surface area contributed by atoms with E-state index >= 15 is 0 Å². The number of rotatable bonds is 4. The summed E-state index contributed by atoms with van der Waals surface area (Å²) < 4.78 is 9.34. The average Bonchev–Trinajstić information content (AvgIpc) is 2.50. The van der Waals surface area contributed by atoms with E-state index in [2.05, 4.69) is 10.1 Å². The smallest absolute Gasteiger partial charge is 0.417 e. The van der Waals surface area contributed by atoms with Crippen molar-refractivity contribution in [3.05, 3.63) is 29.8 Å². The van der Waals surface area contributed by atoms with E-state index in [1.807, 2.05) is 0 Å². The second-order valence-electron chi connectivity index (χ2n) is 4.02. The van der Waals surface area contributed by atoms with Crippen LogP contribution in [-0.4, -0.2) is 49.4 Å². The van der Waals surface area contributed by atoms with Crippen LogP contribution in [0.3, 0.4) is 0 Å². The molecule has 0 aromatic heterocycles. The van der Waals surface area contributed by atoms with Gasteiger partial charge in [-0.25, -0.2) is 19.3 Å². The van der Waals surface area contributed by atoms with Crippen molar-refractivity contribution in [2.45, 2.75) is 6.04 Å². The van der Waals surface area contributed by atoms with Crippen LogP contribution in [0.2, 0.25) is 0 Å². The third-order valence-electron chi connectivity index (χ3n) is 2.72. The van der Waals surface area contributed by atoms with E-state index in [-0.39, 0.29) is 0 Å². The van der Waals surface area contributed by atoms with Gasteiger partial charge in [-0.15, -0.1) is 0 Å². The quantitative estimate of drug-likeness (QED) is 0.865. The lowest BCUT2D eigenvalue weighted by atomic mass is 10.1. The highest BCUT2D eigenvalue weighted by atomic mass is 16.5. The summed E-state index contributed by atoms with van der Waals surface area (Å²) >= 11 is 0. The van der Waals surface area contributed by atoms with E-state index in [4.69, 9.17) is 4.74 Å². The lowest BCUT2D eigenvalue weighted by Gasteiger charge is -2.19. The fraction of sp³-hybridized carbons (Fsp3) is 0.308. The highest BCUT2D eigenvalue weighted by Crippen LogP contribution is 2.18. The summed E-state index contributed by atoms with van der Waals surface area (Å²) in [6.45, 7) is 0. The van der Waals surface area contributed by atoms with Crippen molar-refractivity contribution < 1.29 is 29.0 Å². The van der Waals surface area contributed by atoms with Crippen LogP contribution >= 0.6 is 0 Å². The number of carbonyl (C=O) groups is 3. The minimum Gasteiger partial charge on any atom is -0.497 e. The van der Waals surface area contributed by atoms with Crippen molar-refractivity contribution >= 4 is 18.1 Å². The van der Waals surface area contributed by atoms with Crippen LogP contribution in [0.25, 0.3) is 0 Å². The van der Waals surface area contributed by atoms with Crippen molar-refractivity contribution in [3.8, 4) is 5.75 Å². The molecule has 1 atom stereocenters. The maximum atomic E-state index is 11.8. The molecule has 2 N–H and O–H groups in total. The number of hydrogen-bond donors (Lipinski definition) is 2. The SMILES string of the molecule is COC(=O)N(C)C(=O)NC(C(=O)O)c1ccc(OC)cc1. The minimum atomic E-state index is -1.30. The minimum absolute atomic E-state index is 0.343. The molecule has 8 nitrogen and oxygen atoms in total. The summed E-state index contributed by atoms with van der Waals surface area (Å²) in [5.41, 5.74) is 0.343. The molecule has 0 aliphatic heterocycles. The monoisotopic (exact) mass is 296 g/mol. The van der Waals surface area contributed by atoms with Crippen molar-refractivity contribution in [3.63, 3.8) is 0 Å². The number of imide groups is 1. The van der Waals surface area contributed by atoms with Gasteiger partial charge in [-0.05, 0) is 17.7 Å². The Morgan fingerprint density at radius 2 is 1.76 bits per heavy atom. The molecule has 0 bridgehead atoms. The molecule has 1 rings (SSSR count). The molecule has 1 unspecified atom stereocenters. The van der Waals surface area contributed by atoms with Crippen molar-refractivity contribution in [2.24, 2.45) is 0 Å². The zero-order chi connectivity index (χ0) is 16.0. The maximum Gasteiger partial charge on any atom is 0.417 e. The fourth-order valence-electron chi connectivity index (χ4n) is 1.52. The Bertz CT molecular complexity index is 528. The molecule has 0 radical (unpaired) electrons. The maximum absolute atomic E-state index is 11.8. The number of hydrogen-bond acceptors (Lipinski definition) is 5. The first-order valence-electron chi connectivity index (χ1n) is 5.89. The van der Waals surface area contributed by atoms with Gasteiger partial charge in [0, 0.05) is 7.05 Å². The first-order valence-corrected chi connectivity index (χ1v) is 5.89. The highest BCUT2D eigenvalue weighted by Gasteiger charge is 2.26. The number of amides is 3. The number of nitrogens with zero attached hydrogens (tertiary/aromatic N) is 1. The number of benzene rings is 1. The summed E-state index contributed by atoms with van der Waals surface area (Å²) in [4.78, 5) is 34.9. The number of carbonyl (C=O) groups excluding carboxylic acids is 2. The molecule has 0 spiro atoms. The molecule has 0 aliphatic rings. The molecule has 1 aromatic rings. The summed E-state index contributed by atoms with van der Waals surface area (Å²) in [5.74, 6) is -0.701. The Hall–Kier alpha value is -2.77. The van der Waals surface area contributed by atoms with E-state index in [0.29, 0.717) is 16.2 Å². The zero-order valence-corrected chi connectivity index (χ0v) is 11.8. The molecule has 21 heavy (non-hydrogen) atoms. The summed E-state index contributed by atoms with van der Waals surface area (Å²) in [7, 11) is 3.77. The van der Waals surface area contributed by atoms with E-state index in [1.54, 1.807) is 12.1 Å². The van der Waals surface area contributed by atoms with Crippen molar-refractivity contribution in [1.29, 1.82) is 0 Å². The second kappa shape index (κ2) is 7.13. The third-order valence-corrected chi connectivity index (χ3v) is 2.72. The van der Waals surface area contributed by atoms with Gasteiger partial charge in [0.25, 0.3) is 0 Å². The number of ether oxygens (including phenoxy) is 2. The Labute approximate surface area is 121 Å². The Balaban J connectivity index is 2.89. The third kappa shape index (κ3) is 4.10. The molecule has 3 amide bonds. The first-order chi connectivity index (χ1) is 9.90. The Morgan fingerprint density at radius 1 is 1.19 bits per heavy atom. The molecule has 8 heteroatoms. The van der Waals surface area contributed by atoms with Crippen LogP contribution in [0.5, 0.6) is 5.75 Å². The summed E-state index contributed by atoms with van der Waals surface area (Å²) in [6.07, 6.45) is -0.897. The Morgan fingerprint density at radius 3 is 2.19 bits per heavy atom. The summed E-state index contributed by atoms with van der Waals surface area (Å²) in [6, 6.07) is 3.98. The number of methoxy groups -OCH3 is 2. The van der Waals surface area contributed by atoms with Gasteiger partial charge in [0.15, 0.2) is 6.04 Å². The number of carboxylic acid groups (broad SMARTS) is 1. The van der Waals surface area contributed by atoms with Crippen LogP contribution < -0.4 is 10.1 Å². The van der Waals surface area contributed by atoms with E-state index < -0.39 is 24.1 Å². The lowest BCUT2D eigenvalue weighted by Crippen LogP contribution is -2.44.